The lowest BCUT2D eigenvalue weighted by Crippen LogP contribution is -2.27. The van der Waals surface area contributed by atoms with E-state index in [1.807, 2.05) is 0 Å². The van der Waals surface area contributed by atoms with Gasteiger partial charge < -0.3 is 5.11 Å². The number of unbranched alkanes of at least 4 members (excludes halogenated alkanes) is 3. The molecule has 0 heterocycles. The first-order valence-corrected chi connectivity index (χ1v) is 6.86. The number of aliphatic hydroxyl groups excluding tert-OH is 1. The van der Waals surface area contributed by atoms with Gasteiger partial charge in [-0.15, -0.1) is 0 Å². The molecule has 0 aliphatic carbocycles. The summed E-state index contributed by atoms with van der Waals surface area (Å²) in [5.41, 5.74) is 0. The molecule has 0 aliphatic heterocycles. The lowest BCUT2D eigenvalue weighted by Gasteiger charge is -2.05. The Morgan fingerprint density at radius 1 is 1.14 bits per heavy atom. The number of hydrogen-bond donors (Lipinski definition) is 2. The highest BCUT2D eigenvalue weighted by atomic mass is 32.2. The maximum Gasteiger partial charge on any atom is 0.211 e. The normalized spacial score (nSPS) is 11.9. The minimum absolute atomic E-state index is 0.0609. The first kappa shape index (κ1) is 13.9. The molecule has 4 nitrogen and oxygen atoms in total. The molecule has 14 heavy (non-hydrogen) atoms. The van der Waals surface area contributed by atoms with Gasteiger partial charge >= 0.3 is 0 Å². The molecule has 0 saturated heterocycles. The zero-order chi connectivity index (χ0) is 10.9. The molecule has 0 aromatic heterocycles. The molecular formula is C9H21NO3S. The number of aliphatic hydroxyl groups is 1. The van der Waals surface area contributed by atoms with E-state index in [-0.39, 0.29) is 12.4 Å². The van der Waals surface area contributed by atoms with Crippen molar-refractivity contribution in [3.05, 3.63) is 0 Å². The van der Waals surface area contributed by atoms with Gasteiger partial charge in [0.2, 0.25) is 10.0 Å². The summed E-state index contributed by atoms with van der Waals surface area (Å²) in [5.74, 6) is 0.125. The van der Waals surface area contributed by atoms with Crippen molar-refractivity contribution in [1.82, 2.24) is 4.72 Å². The first-order chi connectivity index (χ1) is 6.62. The van der Waals surface area contributed by atoms with Gasteiger partial charge in [-0.3, -0.25) is 0 Å². The van der Waals surface area contributed by atoms with E-state index in [1.54, 1.807) is 0 Å². The van der Waals surface area contributed by atoms with E-state index in [1.165, 1.54) is 0 Å². The SMILES string of the molecule is CCCCCNS(=O)(=O)CCCCO. The summed E-state index contributed by atoms with van der Waals surface area (Å²) in [5, 5.41) is 8.49. The molecule has 0 rings (SSSR count). The molecular weight excluding hydrogens is 202 g/mol. The Morgan fingerprint density at radius 2 is 1.86 bits per heavy atom. The molecule has 0 radical (unpaired) electrons. The van der Waals surface area contributed by atoms with Crippen LogP contribution in [0.1, 0.15) is 39.0 Å². The van der Waals surface area contributed by atoms with Gasteiger partial charge in [0.25, 0.3) is 0 Å². The van der Waals surface area contributed by atoms with Crippen LogP contribution in [0.5, 0.6) is 0 Å². The average Bonchev–Trinajstić information content (AvgIpc) is 2.13. The van der Waals surface area contributed by atoms with Crippen molar-refractivity contribution in [1.29, 1.82) is 0 Å². The van der Waals surface area contributed by atoms with Gasteiger partial charge in [0.05, 0.1) is 5.75 Å². The van der Waals surface area contributed by atoms with E-state index >= 15 is 0 Å². The lowest BCUT2D eigenvalue weighted by molar-refractivity contribution is 0.287. The van der Waals surface area contributed by atoms with E-state index in [0.29, 0.717) is 19.4 Å². The Morgan fingerprint density at radius 3 is 2.43 bits per heavy atom. The maximum atomic E-state index is 11.3. The number of rotatable bonds is 9. The zero-order valence-electron chi connectivity index (χ0n) is 8.83. The van der Waals surface area contributed by atoms with Gasteiger partial charge in [0.1, 0.15) is 0 Å². The summed E-state index contributed by atoms with van der Waals surface area (Å²) in [4.78, 5) is 0. The summed E-state index contributed by atoms with van der Waals surface area (Å²) >= 11 is 0. The van der Waals surface area contributed by atoms with Crippen LogP contribution in [0.3, 0.4) is 0 Å². The van der Waals surface area contributed by atoms with Crippen LogP contribution in [0, 0.1) is 0 Å². The fraction of sp³-hybridized carbons (Fsp3) is 1.00. The largest absolute Gasteiger partial charge is 0.396 e. The van der Waals surface area contributed by atoms with Gasteiger partial charge in [-0.1, -0.05) is 19.8 Å². The summed E-state index contributed by atoms with van der Waals surface area (Å²) in [6.07, 6.45) is 4.12. The van der Waals surface area contributed by atoms with E-state index in [4.69, 9.17) is 5.11 Å². The van der Waals surface area contributed by atoms with Crippen molar-refractivity contribution < 1.29 is 13.5 Å². The zero-order valence-corrected chi connectivity index (χ0v) is 9.65. The van der Waals surface area contributed by atoms with Crippen LogP contribution in [-0.4, -0.2) is 32.4 Å². The molecule has 0 fully saturated rings. The summed E-state index contributed by atoms with van der Waals surface area (Å²) in [7, 11) is -3.10. The topological polar surface area (TPSA) is 66.4 Å². The quantitative estimate of drug-likeness (QED) is 0.570. The number of sulfonamides is 1. The Bertz CT molecular complexity index is 214. The van der Waals surface area contributed by atoms with Gasteiger partial charge in [-0.25, -0.2) is 13.1 Å². The van der Waals surface area contributed by atoms with Crippen LogP contribution in [0.25, 0.3) is 0 Å². The number of nitrogens with one attached hydrogen (secondary N) is 1. The minimum atomic E-state index is -3.10. The summed E-state index contributed by atoms with van der Waals surface area (Å²) < 4.78 is 25.1. The monoisotopic (exact) mass is 223 g/mol. The molecule has 0 amide bonds. The second kappa shape index (κ2) is 8.20. The highest BCUT2D eigenvalue weighted by molar-refractivity contribution is 7.89. The predicted molar refractivity (Wildman–Crippen MR) is 57.6 cm³/mol. The third-order valence-corrected chi connectivity index (χ3v) is 3.39. The number of hydrogen-bond acceptors (Lipinski definition) is 3. The van der Waals surface area contributed by atoms with Crippen molar-refractivity contribution in [2.24, 2.45) is 0 Å². The molecule has 0 unspecified atom stereocenters. The van der Waals surface area contributed by atoms with Crippen LogP contribution in [0.2, 0.25) is 0 Å². The summed E-state index contributed by atoms with van der Waals surface area (Å²) in [6.45, 7) is 2.68. The maximum absolute atomic E-state index is 11.3. The molecule has 86 valence electrons. The van der Waals surface area contributed by atoms with Crippen molar-refractivity contribution in [3.8, 4) is 0 Å². The van der Waals surface area contributed by atoms with Crippen LogP contribution >= 0.6 is 0 Å². The van der Waals surface area contributed by atoms with Crippen LogP contribution in [-0.2, 0) is 10.0 Å². The van der Waals surface area contributed by atoms with Crippen LogP contribution < -0.4 is 4.72 Å². The average molecular weight is 223 g/mol. The van der Waals surface area contributed by atoms with Crippen LogP contribution in [0.15, 0.2) is 0 Å². The van der Waals surface area contributed by atoms with Crippen molar-refractivity contribution in [2.75, 3.05) is 18.9 Å². The lowest BCUT2D eigenvalue weighted by atomic mass is 10.3. The molecule has 5 heteroatoms. The van der Waals surface area contributed by atoms with E-state index < -0.39 is 10.0 Å². The fourth-order valence-corrected chi connectivity index (χ4v) is 2.26. The van der Waals surface area contributed by atoms with Crippen molar-refractivity contribution >= 4 is 10.0 Å². The summed E-state index contributed by atoms with van der Waals surface area (Å²) in [6, 6.07) is 0. The van der Waals surface area contributed by atoms with Gasteiger partial charge in [-0.2, -0.15) is 0 Å². The van der Waals surface area contributed by atoms with Crippen LogP contribution in [0.4, 0.5) is 0 Å². The second-order valence-electron chi connectivity index (χ2n) is 3.35. The molecule has 0 saturated carbocycles. The Hall–Kier alpha value is -0.130. The van der Waals surface area contributed by atoms with E-state index in [0.717, 1.165) is 19.3 Å². The van der Waals surface area contributed by atoms with E-state index in [9.17, 15) is 8.42 Å². The van der Waals surface area contributed by atoms with Gasteiger partial charge in [0.15, 0.2) is 0 Å². The fourth-order valence-electron chi connectivity index (χ4n) is 1.08. The van der Waals surface area contributed by atoms with Gasteiger partial charge in [0, 0.05) is 13.2 Å². The minimum Gasteiger partial charge on any atom is -0.396 e. The highest BCUT2D eigenvalue weighted by Crippen LogP contribution is 1.96. The van der Waals surface area contributed by atoms with Gasteiger partial charge in [-0.05, 0) is 19.3 Å². The molecule has 0 atom stereocenters. The molecule has 0 spiro atoms. The standard InChI is InChI=1S/C9H21NO3S/c1-2-3-4-7-10-14(12,13)9-6-5-8-11/h10-11H,2-9H2,1H3. The Labute approximate surface area is 86.8 Å². The third-order valence-electron chi connectivity index (χ3n) is 1.92. The van der Waals surface area contributed by atoms with Crippen molar-refractivity contribution in [2.45, 2.75) is 39.0 Å². The molecule has 0 bridgehead atoms. The second-order valence-corrected chi connectivity index (χ2v) is 5.28. The third kappa shape index (κ3) is 8.47. The Kier molecular flexibility index (Phi) is 8.12. The molecule has 2 N–H and O–H groups in total. The first-order valence-electron chi connectivity index (χ1n) is 5.20. The Balaban J connectivity index is 3.52. The molecule has 0 aromatic carbocycles. The molecule has 0 aromatic rings. The highest BCUT2D eigenvalue weighted by Gasteiger charge is 2.07. The molecule has 0 aliphatic rings. The smallest absolute Gasteiger partial charge is 0.211 e. The predicted octanol–water partition coefficient (Wildman–Crippen LogP) is 0.868. The van der Waals surface area contributed by atoms with Crippen molar-refractivity contribution in [3.63, 3.8) is 0 Å². The van der Waals surface area contributed by atoms with E-state index in [2.05, 4.69) is 11.6 Å².